The number of rotatable bonds is 7. The predicted molar refractivity (Wildman–Crippen MR) is 117 cm³/mol. The van der Waals surface area contributed by atoms with Gasteiger partial charge in [-0.15, -0.1) is 0 Å². The molecule has 0 aliphatic heterocycles. The molecule has 0 aliphatic carbocycles. The van der Waals surface area contributed by atoms with Gasteiger partial charge in [-0.05, 0) is 45.9 Å². The summed E-state index contributed by atoms with van der Waals surface area (Å²) in [5, 5.41) is 14.0. The summed E-state index contributed by atoms with van der Waals surface area (Å²) in [5.41, 5.74) is 2.13. The van der Waals surface area contributed by atoms with Gasteiger partial charge in [0, 0.05) is 23.7 Å². The number of carbonyl (C=O) groups is 2. The van der Waals surface area contributed by atoms with Crippen molar-refractivity contribution in [1.82, 2.24) is 14.8 Å². The van der Waals surface area contributed by atoms with Gasteiger partial charge in [0.15, 0.2) is 11.8 Å². The summed E-state index contributed by atoms with van der Waals surface area (Å²) in [4.78, 5) is 31.8. The molecule has 0 unspecified atom stereocenters. The Morgan fingerprint density at radius 2 is 1.94 bits per heavy atom. The number of benzene rings is 1. The van der Waals surface area contributed by atoms with Crippen molar-refractivity contribution in [3.63, 3.8) is 0 Å². The third-order valence-corrected chi connectivity index (χ3v) is 4.88. The normalized spacial score (nSPS) is 11.9. The van der Waals surface area contributed by atoms with Gasteiger partial charge in [0.05, 0.1) is 29.9 Å². The molecule has 0 aliphatic rings. The van der Waals surface area contributed by atoms with Crippen LogP contribution in [0.25, 0.3) is 11.0 Å². The quantitative estimate of drug-likeness (QED) is 0.540. The van der Waals surface area contributed by atoms with Crippen LogP contribution in [0, 0.1) is 18.3 Å². The largest absolute Gasteiger partial charge is 0.449 e. The zero-order valence-corrected chi connectivity index (χ0v) is 18.1. The third kappa shape index (κ3) is 4.72. The fraction of sp³-hybridized carbons (Fsp3) is 0.348. The van der Waals surface area contributed by atoms with Crippen LogP contribution >= 0.6 is 0 Å². The van der Waals surface area contributed by atoms with E-state index in [9.17, 15) is 9.59 Å². The molecule has 1 atom stereocenters. The Bertz CT molecular complexity index is 1130. The van der Waals surface area contributed by atoms with Gasteiger partial charge in [0.1, 0.15) is 0 Å². The number of aromatic nitrogens is 3. The molecule has 2 aromatic heterocycles. The SMILES string of the molecule is Cc1nc2c(cnn2C(C)C)cc1C(=O)O[C@H](C)C(=O)N(CCC#N)c1ccccc1. The van der Waals surface area contributed by atoms with Crippen molar-refractivity contribution >= 4 is 28.6 Å². The fourth-order valence-electron chi connectivity index (χ4n) is 3.28. The number of hydrogen-bond acceptors (Lipinski definition) is 6. The van der Waals surface area contributed by atoms with Crippen LogP contribution < -0.4 is 4.90 Å². The summed E-state index contributed by atoms with van der Waals surface area (Å²) in [5.74, 6) is -1.02. The highest BCUT2D eigenvalue weighted by Gasteiger charge is 2.26. The highest BCUT2D eigenvalue weighted by Crippen LogP contribution is 2.21. The molecule has 8 heteroatoms. The van der Waals surface area contributed by atoms with Crippen molar-refractivity contribution in [1.29, 1.82) is 5.26 Å². The minimum absolute atomic E-state index is 0.136. The van der Waals surface area contributed by atoms with Gasteiger partial charge in [-0.1, -0.05) is 18.2 Å². The average Bonchev–Trinajstić information content (AvgIpc) is 3.16. The number of fused-ring (bicyclic) bond motifs is 1. The molecule has 1 amide bonds. The molecular weight excluding hydrogens is 394 g/mol. The lowest BCUT2D eigenvalue weighted by Crippen LogP contribution is -2.40. The molecule has 3 rings (SSSR count). The molecule has 3 aromatic rings. The highest BCUT2D eigenvalue weighted by molar-refractivity contribution is 6.00. The van der Waals surface area contributed by atoms with E-state index in [-0.39, 0.29) is 19.0 Å². The highest BCUT2D eigenvalue weighted by atomic mass is 16.5. The van der Waals surface area contributed by atoms with Gasteiger partial charge in [0.25, 0.3) is 5.91 Å². The average molecular weight is 419 g/mol. The number of anilines is 1. The molecular formula is C23H25N5O3. The number of pyridine rings is 1. The van der Waals surface area contributed by atoms with E-state index < -0.39 is 18.0 Å². The van der Waals surface area contributed by atoms with Crippen LogP contribution in [0.3, 0.4) is 0 Å². The van der Waals surface area contributed by atoms with Gasteiger partial charge >= 0.3 is 5.97 Å². The van der Waals surface area contributed by atoms with E-state index in [0.29, 0.717) is 22.6 Å². The number of aryl methyl sites for hydroxylation is 1. The predicted octanol–water partition coefficient (Wildman–Crippen LogP) is 3.81. The maximum absolute atomic E-state index is 13.0. The van der Waals surface area contributed by atoms with E-state index in [1.165, 1.54) is 11.8 Å². The minimum Gasteiger partial charge on any atom is -0.449 e. The Hall–Kier alpha value is -3.73. The third-order valence-electron chi connectivity index (χ3n) is 4.88. The molecule has 0 radical (unpaired) electrons. The summed E-state index contributed by atoms with van der Waals surface area (Å²) < 4.78 is 7.27. The van der Waals surface area contributed by atoms with Gasteiger partial charge in [-0.3, -0.25) is 4.79 Å². The lowest BCUT2D eigenvalue weighted by atomic mass is 10.1. The van der Waals surface area contributed by atoms with E-state index >= 15 is 0 Å². The van der Waals surface area contributed by atoms with Gasteiger partial charge in [-0.2, -0.15) is 10.4 Å². The van der Waals surface area contributed by atoms with Gasteiger partial charge < -0.3 is 9.64 Å². The van der Waals surface area contributed by atoms with Crippen LogP contribution in [0.5, 0.6) is 0 Å². The van der Waals surface area contributed by atoms with E-state index in [2.05, 4.69) is 10.1 Å². The second kappa shape index (κ2) is 9.39. The van der Waals surface area contributed by atoms with Crippen molar-refractivity contribution in [3.8, 4) is 6.07 Å². The van der Waals surface area contributed by atoms with Crippen molar-refractivity contribution < 1.29 is 14.3 Å². The van der Waals surface area contributed by atoms with E-state index in [1.807, 2.05) is 26.0 Å². The minimum atomic E-state index is -1.03. The molecule has 2 heterocycles. The lowest BCUT2D eigenvalue weighted by molar-refractivity contribution is -0.126. The first-order valence-corrected chi connectivity index (χ1v) is 10.1. The number of nitriles is 1. The Labute approximate surface area is 181 Å². The topological polar surface area (TPSA) is 101 Å². The molecule has 31 heavy (non-hydrogen) atoms. The molecule has 0 N–H and O–H groups in total. The summed E-state index contributed by atoms with van der Waals surface area (Å²) in [6.45, 7) is 7.47. The van der Waals surface area contributed by atoms with Crippen LogP contribution in [0.4, 0.5) is 5.69 Å². The monoisotopic (exact) mass is 419 g/mol. The van der Waals surface area contributed by atoms with Crippen LogP contribution in [-0.4, -0.2) is 39.3 Å². The van der Waals surface area contributed by atoms with E-state index in [0.717, 1.165) is 5.39 Å². The first-order valence-electron chi connectivity index (χ1n) is 10.1. The second-order valence-corrected chi connectivity index (χ2v) is 7.50. The number of ether oxygens (including phenoxy) is 1. The number of nitrogens with zero attached hydrogens (tertiary/aromatic N) is 5. The fourth-order valence-corrected chi connectivity index (χ4v) is 3.28. The Balaban J connectivity index is 1.81. The zero-order valence-electron chi connectivity index (χ0n) is 18.1. The number of para-hydroxylation sites is 1. The van der Waals surface area contributed by atoms with E-state index in [1.54, 1.807) is 48.1 Å². The number of amides is 1. The van der Waals surface area contributed by atoms with Crippen LogP contribution in [-0.2, 0) is 9.53 Å². The summed E-state index contributed by atoms with van der Waals surface area (Å²) in [6.07, 6.45) is 0.799. The van der Waals surface area contributed by atoms with Crippen LogP contribution in [0.15, 0.2) is 42.6 Å². The number of esters is 1. The van der Waals surface area contributed by atoms with Crippen LogP contribution in [0.1, 0.15) is 49.3 Å². The summed E-state index contributed by atoms with van der Waals surface area (Å²) in [7, 11) is 0. The summed E-state index contributed by atoms with van der Waals surface area (Å²) in [6, 6.07) is 12.9. The Morgan fingerprint density at radius 3 is 2.58 bits per heavy atom. The molecule has 0 saturated carbocycles. The van der Waals surface area contributed by atoms with E-state index in [4.69, 9.17) is 10.00 Å². The summed E-state index contributed by atoms with van der Waals surface area (Å²) >= 11 is 0. The molecule has 0 bridgehead atoms. The molecule has 1 aromatic carbocycles. The molecule has 8 nitrogen and oxygen atoms in total. The standard InChI is InChI=1S/C23H25N5O3/c1-15(2)28-21-18(14-25-28)13-20(16(3)26-21)23(30)31-17(4)22(29)27(12-8-11-24)19-9-6-5-7-10-19/h5-7,9-10,13-15,17H,8,12H2,1-4H3/t17-/m1/s1. The first-order chi connectivity index (χ1) is 14.8. The van der Waals surface area contributed by atoms with Crippen molar-refractivity contribution in [2.45, 2.75) is 46.3 Å². The second-order valence-electron chi connectivity index (χ2n) is 7.50. The molecule has 160 valence electrons. The molecule has 0 saturated heterocycles. The van der Waals surface area contributed by atoms with Gasteiger partial charge in [-0.25, -0.2) is 14.5 Å². The Morgan fingerprint density at radius 1 is 1.23 bits per heavy atom. The number of hydrogen-bond donors (Lipinski definition) is 0. The molecule has 0 fully saturated rings. The van der Waals surface area contributed by atoms with Crippen molar-refractivity contribution in [2.75, 3.05) is 11.4 Å². The smallest absolute Gasteiger partial charge is 0.340 e. The van der Waals surface area contributed by atoms with Crippen LogP contribution in [0.2, 0.25) is 0 Å². The van der Waals surface area contributed by atoms with Gasteiger partial charge in [0.2, 0.25) is 0 Å². The maximum Gasteiger partial charge on any atom is 0.340 e. The Kier molecular flexibility index (Phi) is 6.65. The maximum atomic E-state index is 13.0. The number of carbonyl (C=O) groups excluding carboxylic acids is 2. The first kappa shape index (κ1) is 22.0. The zero-order chi connectivity index (χ0) is 22.5. The lowest BCUT2D eigenvalue weighted by Gasteiger charge is -2.25. The van der Waals surface area contributed by atoms with Crippen molar-refractivity contribution in [2.24, 2.45) is 0 Å². The molecule has 0 spiro atoms. The van der Waals surface area contributed by atoms with Crippen molar-refractivity contribution in [3.05, 3.63) is 53.9 Å².